The number of nitrogens with zero attached hydrogens (tertiary/aromatic N) is 3. The molecule has 0 aliphatic heterocycles. The molecule has 0 bridgehead atoms. The number of aromatic nitrogens is 2. The molecule has 0 aliphatic carbocycles. The van der Waals surface area contributed by atoms with E-state index in [1.165, 1.54) is 6.33 Å². The molecule has 0 saturated heterocycles. The molecule has 0 aliphatic rings. The van der Waals surface area contributed by atoms with E-state index in [2.05, 4.69) is 4.98 Å². The van der Waals surface area contributed by atoms with Crippen LogP contribution in [0.25, 0.3) is 0 Å². The van der Waals surface area contributed by atoms with Crippen molar-refractivity contribution >= 4 is 5.82 Å². The molecule has 1 heterocycles. The number of nitrogens with two attached hydrogens (primary N) is 2. The Morgan fingerprint density at radius 3 is 2.67 bits per heavy atom. The molecule has 9 heavy (non-hydrogen) atoms. The normalized spacial score (nSPS) is 8.78. The molecule has 1 rings (SSSR count). The third kappa shape index (κ3) is 0.659. The van der Waals surface area contributed by atoms with Gasteiger partial charge >= 0.3 is 0 Å². The van der Waals surface area contributed by atoms with Crippen LogP contribution in [0.15, 0.2) is 6.33 Å². The van der Waals surface area contributed by atoms with Crippen molar-refractivity contribution in [2.75, 3.05) is 11.6 Å². The Balaban J connectivity index is 3.24. The molecular weight excluding hydrogens is 118 g/mol. The molecule has 1 aromatic heterocycles. The third-order valence-corrected chi connectivity index (χ3v) is 0.938. The topological polar surface area (TPSA) is 93.6 Å². The number of hydrogen-bond donors (Lipinski definition) is 2. The van der Waals surface area contributed by atoms with E-state index in [1.807, 2.05) is 0 Å². The summed E-state index contributed by atoms with van der Waals surface area (Å²) < 4.78 is 1.10. The van der Waals surface area contributed by atoms with Gasteiger partial charge in [-0.05, 0) is 0 Å². The zero-order valence-corrected chi connectivity index (χ0v) is 4.57. The maximum Gasteiger partial charge on any atom is 0.184 e. The number of nitriles is 1. The SMILES string of the molecule is N#Cc1ncn(N)c1N. The maximum absolute atomic E-state index is 8.27. The lowest BCUT2D eigenvalue weighted by Gasteiger charge is -1.90. The van der Waals surface area contributed by atoms with Gasteiger partial charge in [-0.25, -0.2) is 9.66 Å². The summed E-state index contributed by atoms with van der Waals surface area (Å²) >= 11 is 0. The number of nitrogen functional groups attached to an aromatic ring is 2. The molecule has 0 atom stereocenters. The summed E-state index contributed by atoms with van der Waals surface area (Å²) in [5.41, 5.74) is 5.43. The quantitative estimate of drug-likeness (QED) is 0.435. The number of rotatable bonds is 0. The van der Waals surface area contributed by atoms with E-state index in [0.29, 0.717) is 0 Å². The summed E-state index contributed by atoms with van der Waals surface area (Å²) in [4.78, 5) is 3.59. The van der Waals surface area contributed by atoms with E-state index in [-0.39, 0.29) is 11.5 Å². The Hall–Kier alpha value is -1.70. The molecule has 0 amide bonds. The highest BCUT2D eigenvalue weighted by molar-refractivity contribution is 5.44. The molecule has 0 radical (unpaired) electrons. The van der Waals surface area contributed by atoms with Crippen molar-refractivity contribution in [3.8, 4) is 6.07 Å². The van der Waals surface area contributed by atoms with Crippen LogP contribution in [0.1, 0.15) is 5.69 Å². The fourth-order valence-electron chi connectivity index (χ4n) is 0.457. The minimum atomic E-state index is 0.164. The van der Waals surface area contributed by atoms with Gasteiger partial charge in [-0.1, -0.05) is 0 Å². The largest absolute Gasteiger partial charge is 0.381 e. The molecule has 0 fully saturated rings. The van der Waals surface area contributed by atoms with Crippen LogP contribution >= 0.6 is 0 Å². The van der Waals surface area contributed by atoms with Crippen LogP contribution in [0.2, 0.25) is 0 Å². The van der Waals surface area contributed by atoms with Crippen LogP contribution in [0, 0.1) is 11.3 Å². The Labute approximate surface area is 51.5 Å². The first-order valence-corrected chi connectivity index (χ1v) is 2.23. The van der Waals surface area contributed by atoms with E-state index < -0.39 is 0 Å². The minimum Gasteiger partial charge on any atom is -0.381 e. The fraction of sp³-hybridized carbons (Fsp3) is 0. The second-order valence-corrected chi connectivity index (χ2v) is 1.50. The predicted molar refractivity (Wildman–Crippen MR) is 31.5 cm³/mol. The molecule has 5 heteroatoms. The summed E-state index contributed by atoms with van der Waals surface area (Å²) in [5, 5.41) is 8.27. The van der Waals surface area contributed by atoms with Gasteiger partial charge in [-0.2, -0.15) is 5.26 Å². The van der Waals surface area contributed by atoms with E-state index >= 15 is 0 Å². The van der Waals surface area contributed by atoms with E-state index in [9.17, 15) is 0 Å². The van der Waals surface area contributed by atoms with Crippen molar-refractivity contribution in [3.63, 3.8) is 0 Å². The number of anilines is 1. The smallest absolute Gasteiger partial charge is 0.184 e. The van der Waals surface area contributed by atoms with Crippen molar-refractivity contribution in [1.82, 2.24) is 9.66 Å². The molecule has 1 aromatic rings. The van der Waals surface area contributed by atoms with Crippen molar-refractivity contribution in [1.29, 1.82) is 5.26 Å². The van der Waals surface area contributed by atoms with Crippen LogP contribution in [-0.4, -0.2) is 9.66 Å². The van der Waals surface area contributed by atoms with Gasteiger partial charge in [0.05, 0.1) is 0 Å². The second-order valence-electron chi connectivity index (χ2n) is 1.50. The molecular formula is C4H5N5. The Kier molecular flexibility index (Phi) is 1.01. The summed E-state index contributed by atoms with van der Waals surface area (Å²) in [6, 6.07) is 1.78. The third-order valence-electron chi connectivity index (χ3n) is 0.938. The van der Waals surface area contributed by atoms with E-state index in [4.69, 9.17) is 16.8 Å². The van der Waals surface area contributed by atoms with Crippen LogP contribution < -0.4 is 11.6 Å². The lowest BCUT2D eigenvalue weighted by molar-refractivity contribution is 1.01. The Morgan fingerprint density at radius 1 is 1.78 bits per heavy atom. The maximum atomic E-state index is 8.27. The van der Waals surface area contributed by atoms with Crippen molar-refractivity contribution in [2.24, 2.45) is 0 Å². The van der Waals surface area contributed by atoms with Gasteiger partial charge in [0, 0.05) is 0 Å². The summed E-state index contributed by atoms with van der Waals surface area (Å²) in [6.45, 7) is 0. The lowest BCUT2D eigenvalue weighted by Crippen LogP contribution is -2.10. The average Bonchev–Trinajstić information content (AvgIpc) is 2.15. The Morgan fingerprint density at radius 2 is 2.44 bits per heavy atom. The van der Waals surface area contributed by atoms with Crippen LogP contribution in [0.4, 0.5) is 5.82 Å². The highest BCUT2D eigenvalue weighted by atomic mass is 15.3. The van der Waals surface area contributed by atoms with E-state index in [0.717, 1.165) is 4.68 Å². The van der Waals surface area contributed by atoms with Gasteiger partial charge in [0.2, 0.25) is 0 Å². The van der Waals surface area contributed by atoms with Crippen molar-refractivity contribution < 1.29 is 0 Å². The second kappa shape index (κ2) is 1.67. The molecule has 0 spiro atoms. The van der Waals surface area contributed by atoms with Crippen LogP contribution in [0.5, 0.6) is 0 Å². The predicted octanol–water partition coefficient (Wildman–Crippen LogP) is -0.949. The minimum absolute atomic E-state index is 0.164. The highest BCUT2D eigenvalue weighted by Crippen LogP contribution is 2.02. The van der Waals surface area contributed by atoms with Gasteiger partial charge < -0.3 is 11.6 Å². The monoisotopic (exact) mass is 123 g/mol. The van der Waals surface area contributed by atoms with Gasteiger partial charge in [0.1, 0.15) is 12.4 Å². The fourth-order valence-corrected chi connectivity index (χ4v) is 0.457. The molecule has 46 valence electrons. The van der Waals surface area contributed by atoms with Crippen LogP contribution in [-0.2, 0) is 0 Å². The molecule has 0 aromatic carbocycles. The number of hydrogen-bond acceptors (Lipinski definition) is 4. The summed E-state index contributed by atoms with van der Waals surface area (Å²) in [7, 11) is 0. The van der Waals surface area contributed by atoms with Crippen molar-refractivity contribution in [3.05, 3.63) is 12.0 Å². The van der Waals surface area contributed by atoms with Crippen molar-refractivity contribution in [2.45, 2.75) is 0 Å². The highest BCUT2D eigenvalue weighted by Gasteiger charge is 2.01. The van der Waals surface area contributed by atoms with E-state index in [1.54, 1.807) is 6.07 Å². The molecule has 5 nitrogen and oxygen atoms in total. The van der Waals surface area contributed by atoms with Gasteiger partial charge in [-0.15, -0.1) is 0 Å². The van der Waals surface area contributed by atoms with Gasteiger partial charge in [0.15, 0.2) is 11.5 Å². The molecule has 0 unspecified atom stereocenters. The summed E-state index contributed by atoms with van der Waals surface area (Å²) in [5.74, 6) is 5.39. The average molecular weight is 123 g/mol. The first-order chi connectivity index (χ1) is 4.25. The zero-order valence-electron chi connectivity index (χ0n) is 4.57. The van der Waals surface area contributed by atoms with Crippen LogP contribution in [0.3, 0.4) is 0 Å². The summed E-state index contributed by atoms with van der Waals surface area (Å²) in [6.07, 6.45) is 1.29. The van der Waals surface area contributed by atoms with Gasteiger partial charge in [-0.3, -0.25) is 0 Å². The Bertz CT molecular complexity index is 254. The molecule has 0 saturated carbocycles. The first kappa shape index (κ1) is 5.44. The standard InChI is InChI=1S/C4H5N5/c5-1-3-4(6)9(7)2-8-3/h2H,6-7H2. The first-order valence-electron chi connectivity index (χ1n) is 2.23. The van der Waals surface area contributed by atoms with Gasteiger partial charge in [0.25, 0.3) is 0 Å². The lowest BCUT2D eigenvalue weighted by atomic mass is 10.5. The number of imidazole rings is 1. The zero-order chi connectivity index (χ0) is 6.85. The molecule has 4 N–H and O–H groups in total.